The average Bonchev–Trinajstić information content (AvgIpc) is 3.11. The number of fused-ring (bicyclic) bond motifs is 1. The molecule has 0 radical (unpaired) electrons. The Morgan fingerprint density at radius 1 is 1.19 bits per heavy atom. The van der Waals surface area contributed by atoms with E-state index < -0.39 is 0 Å². The number of anilines is 2. The molecule has 140 valence electrons. The second-order valence-corrected chi connectivity index (χ2v) is 6.86. The number of nitrogens with one attached hydrogen (secondary N) is 2. The molecule has 0 aliphatic carbocycles. The van der Waals surface area contributed by atoms with Gasteiger partial charge in [0.25, 0.3) is 0 Å². The largest absolute Gasteiger partial charge is 0.361 e. The van der Waals surface area contributed by atoms with E-state index in [1.807, 2.05) is 19.1 Å². The third kappa shape index (κ3) is 3.86. The van der Waals surface area contributed by atoms with Gasteiger partial charge in [0.15, 0.2) is 0 Å². The summed E-state index contributed by atoms with van der Waals surface area (Å²) < 4.78 is 0. The second-order valence-electron chi connectivity index (χ2n) is 6.86. The minimum Gasteiger partial charge on any atom is -0.361 e. The fraction of sp³-hybridized carbons (Fsp3) is 0.350. The summed E-state index contributed by atoms with van der Waals surface area (Å²) in [7, 11) is 0. The lowest BCUT2D eigenvalue weighted by molar-refractivity contribution is -0.118. The summed E-state index contributed by atoms with van der Waals surface area (Å²) in [6, 6.07) is 10.3. The number of aryl methyl sites for hydroxylation is 1. The number of H-pyrrole nitrogens is 1. The van der Waals surface area contributed by atoms with Crippen molar-refractivity contribution in [3.8, 4) is 0 Å². The van der Waals surface area contributed by atoms with E-state index in [4.69, 9.17) is 0 Å². The standard InChI is InChI=1S/C20H24N6O/c1-15-12-19(26-10-8-25(14-27)9-11-26)24-20(23-15)21-7-6-16-13-22-18-5-3-2-4-17(16)18/h2-5,12-14,22H,6-11H2,1H3,(H,21,23,24). The van der Waals surface area contributed by atoms with Gasteiger partial charge in [0.1, 0.15) is 5.82 Å². The van der Waals surface area contributed by atoms with Gasteiger partial charge in [-0.3, -0.25) is 4.79 Å². The Morgan fingerprint density at radius 3 is 2.81 bits per heavy atom. The molecule has 27 heavy (non-hydrogen) atoms. The molecule has 1 aromatic carbocycles. The third-order valence-electron chi connectivity index (χ3n) is 4.98. The number of carbonyl (C=O) groups is 1. The van der Waals surface area contributed by atoms with Gasteiger partial charge in [-0.15, -0.1) is 0 Å². The smallest absolute Gasteiger partial charge is 0.224 e. The lowest BCUT2D eigenvalue weighted by Crippen LogP contribution is -2.46. The van der Waals surface area contributed by atoms with Gasteiger partial charge in [0.05, 0.1) is 0 Å². The van der Waals surface area contributed by atoms with E-state index in [-0.39, 0.29) is 0 Å². The fourth-order valence-corrected chi connectivity index (χ4v) is 3.50. The second kappa shape index (κ2) is 7.65. The molecule has 2 aromatic heterocycles. The van der Waals surface area contributed by atoms with Gasteiger partial charge in [-0.05, 0) is 25.0 Å². The lowest BCUT2D eigenvalue weighted by Gasteiger charge is -2.33. The van der Waals surface area contributed by atoms with Crippen LogP contribution in [0.4, 0.5) is 11.8 Å². The van der Waals surface area contributed by atoms with E-state index in [9.17, 15) is 4.79 Å². The van der Waals surface area contributed by atoms with Crippen molar-refractivity contribution in [2.24, 2.45) is 0 Å². The molecule has 1 fully saturated rings. The van der Waals surface area contributed by atoms with Crippen LogP contribution in [0.25, 0.3) is 10.9 Å². The van der Waals surface area contributed by atoms with Crippen LogP contribution < -0.4 is 10.2 Å². The van der Waals surface area contributed by atoms with Crippen LogP contribution in [0.3, 0.4) is 0 Å². The van der Waals surface area contributed by atoms with Crippen molar-refractivity contribution in [1.29, 1.82) is 0 Å². The normalized spacial score (nSPS) is 14.6. The van der Waals surface area contributed by atoms with E-state index in [0.29, 0.717) is 5.95 Å². The number of hydrogen-bond acceptors (Lipinski definition) is 5. The highest BCUT2D eigenvalue weighted by atomic mass is 16.1. The highest BCUT2D eigenvalue weighted by Gasteiger charge is 2.17. The molecule has 0 unspecified atom stereocenters. The molecule has 0 atom stereocenters. The molecule has 1 aliphatic heterocycles. The highest BCUT2D eigenvalue weighted by Crippen LogP contribution is 2.19. The van der Waals surface area contributed by atoms with Gasteiger partial charge in [-0.1, -0.05) is 18.2 Å². The maximum absolute atomic E-state index is 10.9. The van der Waals surface area contributed by atoms with Crippen molar-refractivity contribution >= 4 is 29.1 Å². The topological polar surface area (TPSA) is 77.1 Å². The molecule has 4 rings (SSSR count). The monoisotopic (exact) mass is 364 g/mol. The zero-order chi connectivity index (χ0) is 18.6. The molecule has 1 saturated heterocycles. The van der Waals surface area contributed by atoms with Crippen LogP contribution in [-0.2, 0) is 11.2 Å². The highest BCUT2D eigenvalue weighted by molar-refractivity contribution is 5.83. The summed E-state index contributed by atoms with van der Waals surface area (Å²) >= 11 is 0. The summed E-state index contributed by atoms with van der Waals surface area (Å²) in [4.78, 5) is 27.4. The number of rotatable bonds is 6. The van der Waals surface area contributed by atoms with Crippen LogP contribution in [0, 0.1) is 6.92 Å². The van der Waals surface area contributed by atoms with Crippen molar-refractivity contribution in [2.75, 3.05) is 42.9 Å². The Kier molecular flexibility index (Phi) is 4.91. The van der Waals surface area contributed by atoms with Gasteiger partial charge < -0.3 is 20.1 Å². The summed E-state index contributed by atoms with van der Waals surface area (Å²) in [5, 5.41) is 4.62. The van der Waals surface area contributed by atoms with Crippen molar-refractivity contribution in [2.45, 2.75) is 13.3 Å². The molecule has 7 heteroatoms. The predicted molar refractivity (Wildman–Crippen MR) is 107 cm³/mol. The zero-order valence-corrected chi connectivity index (χ0v) is 15.5. The first-order valence-corrected chi connectivity index (χ1v) is 9.32. The van der Waals surface area contributed by atoms with Crippen LogP contribution in [0.2, 0.25) is 0 Å². The summed E-state index contributed by atoms with van der Waals surface area (Å²) in [6.07, 6.45) is 3.89. The Morgan fingerprint density at radius 2 is 2.00 bits per heavy atom. The minimum absolute atomic E-state index is 0.655. The van der Waals surface area contributed by atoms with Gasteiger partial charge in [-0.25, -0.2) is 4.98 Å². The Bertz CT molecular complexity index is 929. The lowest BCUT2D eigenvalue weighted by atomic mass is 10.1. The first-order chi connectivity index (χ1) is 13.2. The van der Waals surface area contributed by atoms with Gasteiger partial charge in [0.2, 0.25) is 12.4 Å². The fourth-order valence-electron chi connectivity index (χ4n) is 3.50. The minimum atomic E-state index is 0.655. The third-order valence-corrected chi connectivity index (χ3v) is 4.98. The Balaban J connectivity index is 1.40. The van der Waals surface area contributed by atoms with Crippen molar-refractivity contribution in [1.82, 2.24) is 19.9 Å². The molecule has 3 heterocycles. The molecule has 0 spiro atoms. The summed E-state index contributed by atoms with van der Waals surface area (Å²) in [5.41, 5.74) is 3.39. The zero-order valence-electron chi connectivity index (χ0n) is 15.5. The molecular weight excluding hydrogens is 340 g/mol. The van der Waals surface area contributed by atoms with Crippen LogP contribution in [-0.4, -0.2) is 59.0 Å². The maximum Gasteiger partial charge on any atom is 0.224 e. The number of carbonyl (C=O) groups excluding carboxylic acids is 1. The van der Waals surface area contributed by atoms with E-state index >= 15 is 0 Å². The molecule has 3 aromatic rings. The van der Waals surface area contributed by atoms with Crippen molar-refractivity contribution < 1.29 is 4.79 Å². The molecule has 2 N–H and O–H groups in total. The SMILES string of the molecule is Cc1cc(N2CCN(C=O)CC2)nc(NCCc2c[nH]c3ccccc23)n1. The van der Waals surface area contributed by atoms with E-state index in [1.54, 1.807) is 4.90 Å². The first kappa shape index (κ1) is 17.3. The summed E-state index contributed by atoms with van der Waals surface area (Å²) in [6.45, 7) is 5.81. The number of hydrogen-bond donors (Lipinski definition) is 2. The van der Waals surface area contributed by atoms with Gasteiger partial charge in [0, 0.05) is 61.6 Å². The van der Waals surface area contributed by atoms with E-state index in [2.05, 4.69) is 49.6 Å². The maximum atomic E-state index is 10.9. The predicted octanol–water partition coefficient (Wildman–Crippen LogP) is 2.20. The number of amides is 1. The molecule has 1 aliphatic rings. The van der Waals surface area contributed by atoms with Crippen molar-refractivity contribution in [3.63, 3.8) is 0 Å². The van der Waals surface area contributed by atoms with Crippen LogP contribution in [0.5, 0.6) is 0 Å². The molecule has 0 saturated carbocycles. The number of nitrogens with zero attached hydrogens (tertiary/aromatic N) is 4. The molecular formula is C20H24N6O. The van der Waals surface area contributed by atoms with E-state index in [0.717, 1.165) is 62.6 Å². The summed E-state index contributed by atoms with van der Waals surface area (Å²) in [5.74, 6) is 1.57. The number of piperazine rings is 1. The van der Waals surface area contributed by atoms with Crippen LogP contribution in [0.1, 0.15) is 11.3 Å². The van der Waals surface area contributed by atoms with Gasteiger partial charge >= 0.3 is 0 Å². The number of benzene rings is 1. The average molecular weight is 364 g/mol. The number of aromatic amines is 1. The number of para-hydroxylation sites is 1. The molecule has 1 amide bonds. The Hall–Kier alpha value is -3.09. The van der Waals surface area contributed by atoms with Crippen LogP contribution in [0.15, 0.2) is 36.5 Å². The first-order valence-electron chi connectivity index (χ1n) is 9.32. The Labute approximate surface area is 158 Å². The van der Waals surface area contributed by atoms with Gasteiger partial charge in [-0.2, -0.15) is 4.98 Å². The molecule has 7 nitrogen and oxygen atoms in total. The quantitative estimate of drug-likeness (QED) is 0.656. The van der Waals surface area contributed by atoms with Crippen LogP contribution >= 0.6 is 0 Å². The molecule has 0 bridgehead atoms. The number of aromatic nitrogens is 3. The van der Waals surface area contributed by atoms with Crippen molar-refractivity contribution in [3.05, 3.63) is 47.8 Å². The van der Waals surface area contributed by atoms with E-state index in [1.165, 1.54) is 10.9 Å².